The van der Waals surface area contributed by atoms with E-state index in [1.54, 1.807) is 24.3 Å². The Morgan fingerprint density at radius 2 is 1.88 bits per heavy atom. The highest BCUT2D eigenvalue weighted by molar-refractivity contribution is 6.03. The Balaban J connectivity index is 1.46. The molecule has 2 aromatic carbocycles. The van der Waals surface area contributed by atoms with Gasteiger partial charge < -0.3 is 19.8 Å². The number of benzene rings is 2. The van der Waals surface area contributed by atoms with Crippen molar-refractivity contribution in [3.63, 3.8) is 0 Å². The molecule has 2 heterocycles. The third-order valence-electron chi connectivity index (χ3n) is 6.20. The van der Waals surface area contributed by atoms with Crippen molar-refractivity contribution < 1.29 is 18.7 Å². The van der Waals surface area contributed by atoms with E-state index < -0.39 is 11.5 Å². The largest absolute Gasteiger partial charge is 0.423 e. The number of rotatable bonds is 3. The second-order valence-electron chi connectivity index (χ2n) is 9.77. The van der Waals surface area contributed by atoms with Crippen LogP contribution in [-0.2, 0) is 15.6 Å². The van der Waals surface area contributed by atoms with E-state index in [1.807, 2.05) is 12.1 Å². The van der Waals surface area contributed by atoms with E-state index in [0.717, 1.165) is 22.2 Å². The molecule has 164 valence electrons. The van der Waals surface area contributed by atoms with Crippen LogP contribution in [0.4, 0.5) is 10.1 Å². The number of fused-ring (bicyclic) bond motifs is 2. The highest BCUT2D eigenvalue weighted by Crippen LogP contribution is 2.52. The van der Waals surface area contributed by atoms with Gasteiger partial charge in [-0.25, -0.2) is 0 Å². The van der Waals surface area contributed by atoms with Crippen molar-refractivity contribution >= 4 is 22.5 Å². The highest BCUT2D eigenvalue weighted by Gasteiger charge is 2.52. The molecule has 5 rings (SSSR count). The van der Waals surface area contributed by atoms with Gasteiger partial charge in [-0.1, -0.05) is 26.8 Å². The van der Waals surface area contributed by atoms with Crippen molar-refractivity contribution in [2.24, 2.45) is 0 Å². The molecule has 6 nitrogen and oxygen atoms in total. The molecular weight excluding hydrogens is 409 g/mol. The second-order valence-corrected chi connectivity index (χ2v) is 9.77. The summed E-state index contributed by atoms with van der Waals surface area (Å²) in [6.45, 7) is 7.52. The molecule has 0 spiro atoms. The van der Waals surface area contributed by atoms with Crippen molar-refractivity contribution in [3.8, 4) is 17.6 Å². The quantitative estimate of drug-likeness (QED) is 0.577. The van der Waals surface area contributed by atoms with Crippen LogP contribution in [0.25, 0.3) is 10.9 Å². The first-order chi connectivity index (χ1) is 15.0. The number of anilines is 1. The first kappa shape index (κ1) is 20.4. The Morgan fingerprint density at radius 3 is 2.53 bits per heavy atom. The molecule has 7 heteroatoms. The monoisotopic (exact) mass is 433 g/mol. The lowest BCUT2D eigenvalue weighted by molar-refractivity contribution is -0.173. The summed E-state index contributed by atoms with van der Waals surface area (Å²) < 4.78 is 24.3. The number of hydrogen-bond acceptors (Lipinski definition) is 4. The fourth-order valence-electron chi connectivity index (χ4n) is 4.18. The summed E-state index contributed by atoms with van der Waals surface area (Å²) in [5, 5.41) is 13.6. The number of nitrogens with one attached hydrogen (secondary N) is 2. The first-order valence-corrected chi connectivity index (χ1v) is 10.6. The topological polar surface area (TPSA) is 87.1 Å². The standard InChI is InChI=1S/C25H24FN3O3/c1-23(2,3)21-11-14-9-18(15(13-27)10-17(14)28-21)29-22(30)25(7-8-25)16-5-6-19-20(12-16)32-24(4,26)31-19/h5-6,9-12,28H,7-8H2,1-4H3,(H,29,30). The fourth-order valence-corrected chi connectivity index (χ4v) is 4.18. The summed E-state index contributed by atoms with van der Waals surface area (Å²) >= 11 is 0. The van der Waals surface area contributed by atoms with E-state index in [-0.39, 0.29) is 17.1 Å². The average molecular weight is 433 g/mol. The molecule has 1 atom stereocenters. The maximum absolute atomic E-state index is 14.0. The molecule has 2 aliphatic rings. The average Bonchev–Trinajstić information content (AvgIpc) is 3.31. The number of alkyl halides is 1. The van der Waals surface area contributed by atoms with Crippen LogP contribution in [0.2, 0.25) is 0 Å². The van der Waals surface area contributed by atoms with Crippen molar-refractivity contribution in [2.45, 2.75) is 57.4 Å². The van der Waals surface area contributed by atoms with E-state index in [9.17, 15) is 14.4 Å². The zero-order valence-electron chi connectivity index (χ0n) is 18.4. The summed E-state index contributed by atoms with van der Waals surface area (Å²) in [7, 11) is 0. The van der Waals surface area contributed by atoms with Crippen molar-refractivity contribution in [2.75, 3.05) is 5.32 Å². The minimum atomic E-state index is -2.21. The van der Waals surface area contributed by atoms with Crippen LogP contribution in [0.5, 0.6) is 11.5 Å². The smallest absolute Gasteiger partial charge is 0.404 e. The molecule has 1 saturated carbocycles. The van der Waals surface area contributed by atoms with E-state index in [1.165, 1.54) is 6.92 Å². The van der Waals surface area contributed by atoms with Gasteiger partial charge in [0.2, 0.25) is 5.91 Å². The Labute approximate surface area is 185 Å². The van der Waals surface area contributed by atoms with E-state index in [2.05, 4.69) is 37.1 Å². The predicted octanol–water partition coefficient (Wildman–Crippen LogP) is 5.42. The third-order valence-corrected chi connectivity index (χ3v) is 6.20. The van der Waals surface area contributed by atoms with E-state index in [4.69, 9.17) is 9.47 Å². The molecule has 1 aliphatic heterocycles. The molecule has 3 aromatic rings. The number of nitrogens with zero attached hydrogens (tertiary/aromatic N) is 1. The zero-order valence-corrected chi connectivity index (χ0v) is 18.4. The van der Waals surface area contributed by atoms with Crippen LogP contribution in [0.15, 0.2) is 36.4 Å². The summed E-state index contributed by atoms with van der Waals surface area (Å²) in [6.07, 6.45) is 1.32. The highest BCUT2D eigenvalue weighted by atomic mass is 19.2. The van der Waals surface area contributed by atoms with Crippen LogP contribution in [0.3, 0.4) is 0 Å². The van der Waals surface area contributed by atoms with Gasteiger partial charge in [0, 0.05) is 28.9 Å². The third kappa shape index (κ3) is 3.27. The Bertz CT molecular complexity index is 1310. The van der Waals surface area contributed by atoms with Gasteiger partial charge in [0.15, 0.2) is 11.5 Å². The molecule has 2 N–H and O–H groups in total. The zero-order chi connectivity index (χ0) is 22.9. The minimum absolute atomic E-state index is 0.0671. The number of ether oxygens (including phenoxy) is 2. The number of H-pyrrole nitrogens is 1. The molecule has 1 fully saturated rings. The van der Waals surface area contributed by atoms with Gasteiger partial charge in [-0.15, -0.1) is 0 Å². The molecule has 1 aromatic heterocycles. The molecule has 1 aliphatic carbocycles. The Morgan fingerprint density at radius 1 is 1.16 bits per heavy atom. The summed E-state index contributed by atoms with van der Waals surface area (Å²) in [4.78, 5) is 16.7. The van der Waals surface area contributed by atoms with Crippen LogP contribution in [0, 0.1) is 11.3 Å². The number of aromatic amines is 1. The Hall–Kier alpha value is -3.53. The maximum Gasteiger partial charge on any atom is 0.404 e. The number of carbonyl (C=O) groups excluding carboxylic acids is 1. The molecule has 0 bridgehead atoms. The van der Waals surface area contributed by atoms with Crippen molar-refractivity contribution in [1.29, 1.82) is 5.26 Å². The van der Waals surface area contributed by atoms with Gasteiger partial charge in [-0.3, -0.25) is 4.79 Å². The van der Waals surface area contributed by atoms with Gasteiger partial charge >= 0.3 is 6.04 Å². The SMILES string of the molecule is CC1(F)Oc2ccc(C3(C(=O)Nc4cc5cc(C(C)(C)C)[nH]c5cc4C#N)CC3)cc2O1. The van der Waals surface area contributed by atoms with Crippen molar-refractivity contribution in [3.05, 3.63) is 53.2 Å². The van der Waals surface area contributed by atoms with Crippen LogP contribution < -0.4 is 14.8 Å². The summed E-state index contributed by atoms with van der Waals surface area (Å²) in [6, 6.07) is 10.7. The normalized spacial score (nSPS) is 20.8. The summed E-state index contributed by atoms with van der Waals surface area (Å²) in [5.41, 5.74) is 2.73. The molecule has 32 heavy (non-hydrogen) atoms. The van der Waals surface area contributed by atoms with Gasteiger partial charge in [0.1, 0.15) is 6.07 Å². The van der Waals surface area contributed by atoms with Crippen LogP contribution in [-0.4, -0.2) is 16.9 Å². The lowest BCUT2D eigenvalue weighted by Crippen LogP contribution is -2.28. The number of hydrogen-bond donors (Lipinski definition) is 2. The molecule has 1 amide bonds. The number of nitriles is 1. The number of halogens is 1. The predicted molar refractivity (Wildman–Crippen MR) is 118 cm³/mol. The molecular formula is C25H24FN3O3. The van der Waals surface area contributed by atoms with Crippen LogP contribution in [0.1, 0.15) is 57.4 Å². The number of amides is 1. The first-order valence-electron chi connectivity index (χ1n) is 10.6. The van der Waals surface area contributed by atoms with Crippen molar-refractivity contribution in [1.82, 2.24) is 4.98 Å². The van der Waals surface area contributed by atoms with Gasteiger partial charge in [0.25, 0.3) is 0 Å². The minimum Gasteiger partial charge on any atom is -0.423 e. The van der Waals surface area contributed by atoms with E-state index in [0.29, 0.717) is 29.8 Å². The fraction of sp³-hybridized carbons (Fsp3) is 0.360. The van der Waals surface area contributed by atoms with Gasteiger partial charge in [-0.05, 0) is 48.7 Å². The molecule has 0 radical (unpaired) electrons. The molecule has 0 saturated heterocycles. The van der Waals surface area contributed by atoms with E-state index >= 15 is 0 Å². The summed E-state index contributed by atoms with van der Waals surface area (Å²) in [5.74, 6) is 0.406. The number of aromatic nitrogens is 1. The second kappa shape index (κ2) is 6.49. The van der Waals surface area contributed by atoms with Crippen LogP contribution >= 0.6 is 0 Å². The van der Waals surface area contributed by atoms with Gasteiger partial charge in [-0.2, -0.15) is 9.65 Å². The number of carbonyl (C=O) groups is 1. The maximum atomic E-state index is 14.0. The molecule has 1 unspecified atom stereocenters. The Kier molecular flexibility index (Phi) is 4.13. The lowest BCUT2D eigenvalue weighted by atomic mass is 9.92. The van der Waals surface area contributed by atoms with Gasteiger partial charge in [0.05, 0.1) is 16.7 Å². The lowest BCUT2D eigenvalue weighted by Gasteiger charge is -2.17.